The van der Waals surface area contributed by atoms with Gasteiger partial charge in [0.05, 0.1) is 7.11 Å². The van der Waals surface area contributed by atoms with Crippen molar-refractivity contribution in [3.05, 3.63) is 60.2 Å². The molecule has 0 unspecified atom stereocenters. The fourth-order valence-corrected chi connectivity index (χ4v) is 4.16. The largest absolute Gasteiger partial charge is 0.497 e. The van der Waals surface area contributed by atoms with Gasteiger partial charge in [-0.25, -0.2) is 0 Å². The first-order valence-corrected chi connectivity index (χ1v) is 11.9. The number of hydrogen-bond donors (Lipinski definition) is 1. The molecule has 0 aliphatic carbocycles. The van der Waals surface area contributed by atoms with Crippen molar-refractivity contribution in [1.82, 2.24) is 15.1 Å². The number of nitrogens with one attached hydrogen (secondary N) is 1. The summed E-state index contributed by atoms with van der Waals surface area (Å²) >= 11 is 1.30. The molecule has 2 aromatic carbocycles. The Morgan fingerprint density at radius 1 is 1.09 bits per heavy atom. The zero-order valence-electron chi connectivity index (χ0n) is 19.3. The second-order valence-corrected chi connectivity index (χ2v) is 8.75. The number of rotatable bonds is 11. The molecule has 0 spiro atoms. The van der Waals surface area contributed by atoms with E-state index in [0.717, 1.165) is 23.3 Å². The predicted molar refractivity (Wildman–Crippen MR) is 131 cm³/mol. The van der Waals surface area contributed by atoms with Gasteiger partial charge in [-0.15, -0.1) is 10.2 Å². The first kappa shape index (κ1) is 24.4. The summed E-state index contributed by atoms with van der Waals surface area (Å²) in [5.74, 6) is 0.611. The minimum Gasteiger partial charge on any atom is -0.497 e. The number of anilines is 1. The number of nitrogens with zero attached hydrogens (tertiary/aromatic N) is 3. The van der Waals surface area contributed by atoms with Gasteiger partial charge in [-0.2, -0.15) is 0 Å². The SMILES string of the molecule is CC[C@H](C)N(CCC(=O)Nc1nnc(-c2cccc(OC)c2)s1)C(=O)CCc1ccccc1. The molecule has 1 N–H and O–H groups in total. The van der Waals surface area contributed by atoms with Gasteiger partial charge in [0.2, 0.25) is 16.9 Å². The number of carbonyl (C=O) groups is 2. The van der Waals surface area contributed by atoms with Crippen molar-refractivity contribution in [3.8, 4) is 16.3 Å². The van der Waals surface area contributed by atoms with E-state index in [2.05, 4.69) is 15.5 Å². The number of carbonyl (C=O) groups excluding carboxylic acids is 2. The quantitative estimate of drug-likeness (QED) is 0.439. The highest BCUT2D eigenvalue weighted by atomic mass is 32.1. The number of methoxy groups -OCH3 is 1. The number of aromatic nitrogens is 2. The summed E-state index contributed by atoms with van der Waals surface area (Å²) in [6.07, 6.45) is 2.15. The molecule has 174 valence electrons. The van der Waals surface area contributed by atoms with E-state index in [1.54, 1.807) is 7.11 Å². The average molecular weight is 467 g/mol. The first-order valence-electron chi connectivity index (χ1n) is 11.1. The van der Waals surface area contributed by atoms with Crippen molar-refractivity contribution >= 4 is 28.3 Å². The van der Waals surface area contributed by atoms with Gasteiger partial charge in [0.15, 0.2) is 0 Å². The van der Waals surface area contributed by atoms with Gasteiger partial charge >= 0.3 is 0 Å². The van der Waals surface area contributed by atoms with Gasteiger partial charge in [-0.05, 0) is 37.5 Å². The van der Waals surface area contributed by atoms with Crippen LogP contribution in [0, 0.1) is 0 Å². The van der Waals surface area contributed by atoms with E-state index in [1.807, 2.05) is 73.3 Å². The normalized spacial score (nSPS) is 11.6. The lowest BCUT2D eigenvalue weighted by Gasteiger charge is -2.28. The Hall–Kier alpha value is -3.26. The number of amides is 2. The molecule has 1 atom stereocenters. The van der Waals surface area contributed by atoms with E-state index >= 15 is 0 Å². The maximum Gasteiger partial charge on any atom is 0.227 e. The Morgan fingerprint density at radius 2 is 1.88 bits per heavy atom. The zero-order chi connectivity index (χ0) is 23.6. The summed E-state index contributed by atoms with van der Waals surface area (Å²) in [5.41, 5.74) is 2.01. The molecular weight excluding hydrogens is 436 g/mol. The zero-order valence-corrected chi connectivity index (χ0v) is 20.1. The van der Waals surface area contributed by atoms with Crippen molar-refractivity contribution in [2.45, 2.75) is 45.6 Å². The van der Waals surface area contributed by atoms with Gasteiger partial charge in [0, 0.05) is 31.0 Å². The standard InChI is InChI=1S/C25H30N4O3S/c1-4-18(2)29(23(31)14-13-19-9-6-5-7-10-19)16-15-22(30)26-25-28-27-24(33-25)20-11-8-12-21(17-20)32-3/h5-12,17-18H,4,13-16H2,1-3H3,(H,26,28,30)/t18-/m0/s1. The highest BCUT2D eigenvalue weighted by Crippen LogP contribution is 2.28. The minimum atomic E-state index is -0.187. The van der Waals surface area contributed by atoms with Crippen LogP contribution in [0.4, 0.5) is 5.13 Å². The van der Waals surface area contributed by atoms with Crippen LogP contribution in [0.2, 0.25) is 0 Å². The molecule has 7 nitrogen and oxygen atoms in total. The van der Waals surface area contributed by atoms with E-state index in [-0.39, 0.29) is 24.3 Å². The molecule has 0 radical (unpaired) electrons. The molecule has 0 saturated heterocycles. The van der Waals surface area contributed by atoms with Gasteiger partial charge < -0.3 is 15.0 Å². The number of aryl methyl sites for hydroxylation is 1. The van der Waals surface area contributed by atoms with Crippen molar-refractivity contribution in [2.75, 3.05) is 19.0 Å². The molecule has 0 saturated carbocycles. The second kappa shape index (κ2) is 12.1. The highest BCUT2D eigenvalue weighted by Gasteiger charge is 2.20. The van der Waals surface area contributed by atoms with Crippen LogP contribution in [0.3, 0.4) is 0 Å². The van der Waals surface area contributed by atoms with E-state index < -0.39 is 0 Å². The molecule has 3 rings (SSSR count). The molecule has 8 heteroatoms. The molecule has 3 aromatic rings. The number of hydrogen-bond acceptors (Lipinski definition) is 6. The van der Waals surface area contributed by atoms with Crippen LogP contribution in [0.1, 0.15) is 38.7 Å². The fourth-order valence-electron chi connectivity index (χ4n) is 3.40. The summed E-state index contributed by atoms with van der Waals surface area (Å²) in [7, 11) is 1.61. The maximum atomic E-state index is 12.9. The third-order valence-corrected chi connectivity index (χ3v) is 6.37. The Morgan fingerprint density at radius 3 is 2.61 bits per heavy atom. The topological polar surface area (TPSA) is 84.4 Å². The van der Waals surface area contributed by atoms with E-state index in [0.29, 0.717) is 29.5 Å². The van der Waals surface area contributed by atoms with E-state index in [1.165, 1.54) is 11.3 Å². The second-order valence-electron chi connectivity index (χ2n) is 7.77. The minimum absolute atomic E-state index is 0.0669. The summed E-state index contributed by atoms with van der Waals surface area (Å²) in [4.78, 5) is 27.2. The molecule has 0 fully saturated rings. The van der Waals surface area contributed by atoms with Crippen molar-refractivity contribution in [3.63, 3.8) is 0 Å². The van der Waals surface area contributed by atoms with Gasteiger partial charge in [0.1, 0.15) is 10.8 Å². The van der Waals surface area contributed by atoms with Crippen molar-refractivity contribution < 1.29 is 14.3 Å². The molecule has 2 amide bonds. The van der Waals surface area contributed by atoms with Crippen molar-refractivity contribution in [2.24, 2.45) is 0 Å². The fraction of sp³-hybridized carbons (Fsp3) is 0.360. The molecule has 1 aromatic heterocycles. The molecule has 33 heavy (non-hydrogen) atoms. The maximum absolute atomic E-state index is 12.9. The molecule has 1 heterocycles. The summed E-state index contributed by atoms with van der Waals surface area (Å²) in [5, 5.41) is 12.2. The average Bonchev–Trinajstić information content (AvgIpc) is 3.31. The lowest BCUT2D eigenvalue weighted by molar-refractivity contribution is -0.133. The van der Waals surface area contributed by atoms with Gasteiger partial charge in [-0.1, -0.05) is 60.7 Å². The van der Waals surface area contributed by atoms with Gasteiger partial charge in [0.25, 0.3) is 0 Å². The molecular formula is C25H30N4O3S. The highest BCUT2D eigenvalue weighted by molar-refractivity contribution is 7.18. The number of ether oxygens (including phenoxy) is 1. The third-order valence-electron chi connectivity index (χ3n) is 5.48. The first-order chi connectivity index (χ1) is 16.0. The van der Waals surface area contributed by atoms with Crippen LogP contribution in [-0.4, -0.2) is 46.6 Å². The molecule has 0 bridgehead atoms. The van der Waals surface area contributed by atoms with E-state index in [4.69, 9.17) is 4.74 Å². The summed E-state index contributed by atoms with van der Waals surface area (Å²) < 4.78 is 5.25. The van der Waals surface area contributed by atoms with E-state index in [9.17, 15) is 9.59 Å². The predicted octanol–water partition coefficient (Wildman–Crippen LogP) is 4.80. The van der Waals surface area contributed by atoms with Gasteiger partial charge in [-0.3, -0.25) is 9.59 Å². The molecule has 0 aliphatic heterocycles. The lowest BCUT2D eigenvalue weighted by Crippen LogP contribution is -2.40. The van der Waals surface area contributed by atoms with Crippen LogP contribution >= 0.6 is 11.3 Å². The monoisotopic (exact) mass is 466 g/mol. The Kier molecular flexibility index (Phi) is 8.95. The van der Waals surface area contributed by atoms with Crippen molar-refractivity contribution in [1.29, 1.82) is 0 Å². The molecule has 0 aliphatic rings. The summed E-state index contributed by atoms with van der Waals surface area (Å²) in [6.45, 7) is 4.43. The third kappa shape index (κ3) is 7.12. The number of benzene rings is 2. The Labute approximate surface area is 198 Å². The van der Waals surface area contributed by atoms with Crippen LogP contribution in [-0.2, 0) is 16.0 Å². The Bertz CT molecular complexity index is 1050. The smallest absolute Gasteiger partial charge is 0.227 e. The van der Waals surface area contributed by atoms with Crippen LogP contribution < -0.4 is 10.1 Å². The van der Waals surface area contributed by atoms with Crippen LogP contribution in [0.25, 0.3) is 10.6 Å². The summed E-state index contributed by atoms with van der Waals surface area (Å²) in [6, 6.07) is 17.6. The lowest BCUT2D eigenvalue weighted by atomic mass is 10.1. The van der Waals surface area contributed by atoms with Crippen LogP contribution in [0.15, 0.2) is 54.6 Å². The van der Waals surface area contributed by atoms with Crippen LogP contribution in [0.5, 0.6) is 5.75 Å². The Balaban J connectivity index is 1.54.